The van der Waals surface area contributed by atoms with Gasteiger partial charge in [0.2, 0.25) is 0 Å². The van der Waals surface area contributed by atoms with Gasteiger partial charge >= 0.3 is 5.97 Å². The van der Waals surface area contributed by atoms with Crippen LogP contribution in [0.4, 0.5) is 0 Å². The molecule has 0 aliphatic rings. The standard InChI is InChI=1S/C12H15ClO2/c1-4-15-12(14)9(3)11-6-5-10(13)7-8(11)2/h5-7,9H,4H2,1-3H3. The van der Waals surface area contributed by atoms with Gasteiger partial charge in [-0.2, -0.15) is 0 Å². The molecule has 1 aromatic carbocycles. The number of carbonyl (C=O) groups excluding carboxylic acids is 1. The molecule has 1 atom stereocenters. The monoisotopic (exact) mass is 226 g/mol. The van der Waals surface area contributed by atoms with E-state index in [1.54, 1.807) is 13.0 Å². The molecule has 0 aliphatic heterocycles. The van der Waals surface area contributed by atoms with Crippen LogP contribution >= 0.6 is 11.6 Å². The maximum absolute atomic E-state index is 11.5. The van der Waals surface area contributed by atoms with Crippen LogP contribution in [0.15, 0.2) is 18.2 Å². The minimum atomic E-state index is -0.234. The zero-order valence-corrected chi connectivity index (χ0v) is 9.97. The minimum absolute atomic E-state index is 0.192. The quantitative estimate of drug-likeness (QED) is 0.740. The molecule has 1 unspecified atom stereocenters. The number of aryl methyl sites for hydroxylation is 1. The van der Waals surface area contributed by atoms with Gasteiger partial charge in [-0.15, -0.1) is 0 Å². The summed E-state index contributed by atoms with van der Waals surface area (Å²) >= 11 is 5.85. The van der Waals surface area contributed by atoms with Crippen molar-refractivity contribution in [3.63, 3.8) is 0 Å². The van der Waals surface area contributed by atoms with Gasteiger partial charge in [0, 0.05) is 5.02 Å². The van der Waals surface area contributed by atoms with E-state index in [0.29, 0.717) is 11.6 Å². The van der Waals surface area contributed by atoms with E-state index in [0.717, 1.165) is 11.1 Å². The van der Waals surface area contributed by atoms with Crippen molar-refractivity contribution in [2.24, 2.45) is 0 Å². The Morgan fingerprint density at radius 1 is 1.53 bits per heavy atom. The Bertz CT molecular complexity index is 361. The largest absolute Gasteiger partial charge is 0.466 e. The summed E-state index contributed by atoms with van der Waals surface area (Å²) in [4.78, 5) is 11.5. The second-order valence-corrected chi connectivity index (χ2v) is 3.91. The third kappa shape index (κ3) is 2.96. The maximum Gasteiger partial charge on any atom is 0.313 e. The Kier molecular flexibility index (Phi) is 4.15. The molecule has 0 fully saturated rings. The van der Waals surface area contributed by atoms with Crippen LogP contribution in [-0.4, -0.2) is 12.6 Å². The van der Waals surface area contributed by atoms with Crippen molar-refractivity contribution in [3.05, 3.63) is 34.3 Å². The summed E-state index contributed by atoms with van der Waals surface area (Å²) < 4.78 is 4.97. The lowest BCUT2D eigenvalue weighted by Crippen LogP contribution is -2.13. The lowest BCUT2D eigenvalue weighted by Gasteiger charge is -2.13. The van der Waals surface area contributed by atoms with E-state index in [9.17, 15) is 4.79 Å². The molecular formula is C12H15ClO2. The number of hydrogen-bond acceptors (Lipinski definition) is 2. The second kappa shape index (κ2) is 5.17. The van der Waals surface area contributed by atoms with Gasteiger partial charge in [-0.05, 0) is 44.0 Å². The van der Waals surface area contributed by atoms with E-state index >= 15 is 0 Å². The molecule has 1 rings (SSSR count). The highest BCUT2D eigenvalue weighted by molar-refractivity contribution is 6.30. The minimum Gasteiger partial charge on any atom is -0.466 e. The smallest absolute Gasteiger partial charge is 0.313 e. The molecule has 0 amide bonds. The molecule has 2 nitrogen and oxygen atoms in total. The van der Waals surface area contributed by atoms with Crippen LogP contribution in [0.2, 0.25) is 5.02 Å². The molecule has 3 heteroatoms. The number of esters is 1. The summed E-state index contributed by atoms with van der Waals surface area (Å²) in [5.41, 5.74) is 1.99. The average molecular weight is 227 g/mol. The molecule has 0 radical (unpaired) electrons. The van der Waals surface area contributed by atoms with E-state index in [1.807, 2.05) is 26.0 Å². The number of ether oxygens (including phenoxy) is 1. The molecule has 0 heterocycles. The Morgan fingerprint density at radius 2 is 2.20 bits per heavy atom. The Morgan fingerprint density at radius 3 is 2.73 bits per heavy atom. The van der Waals surface area contributed by atoms with Crippen LogP contribution in [0, 0.1) is 6.92 Å². The van der Waals surface area contributed by atoms with Gasteiger partial charge in [0.05, 0.1) is 12.5 Å². The number of carbonyl (C=O) groups is 1. The normalized spacial score (nSPS) is 12.3. The van der Waals surface area contributed by atoms with Crippen molar-refractivity contribution in [1.29, 1.82) is 0 Å². The molecule has 0 aromatic heterocycles. The first-order valence-corrected chi connectivity index (χ1v) is 5.36. The molecule has 0 spiro atoms. The summed E-state index contributed by atoms with van der Waals surface area (Å²) in [7, 11) is 0. The molecule has 0 N–H and O–H groups in total. The highest BCUT2D eigenvalue weighted by Crippen LogP contribution is 2.23. The van der Waals surface area contributed by atoms with Gasteiger partial charge in [-0.1, -0.05) is 17.7 Å². The van der Waals surface area contributed by atoms with Crippen LogP contribution in [0.5, 0.6) is 0 Å². The third-order valence-electron chi connectivity index (χ3n) is 2.34. The van der Waals surface area contributed by atoms with Crippen molar-refractivity contribution < 1.29 is 9.53 Å². The summed E-state index contributed by atoms with van der Waals surface area (Å²) in [6.07, 6.45) is 0. The maximum atomic E-state index is 11.5. The molecule has 0 saturated carbocycles. The van der Waals surface area contributed by atoms with Crippen LogP contribution in [0.3, 0.4) is 0 Å². The highest BCUT2D eigenvalue weighted by Gasteiger charge is 2.17. The number of rotatable bonds is 3. The first kappa shape index (κ1) is 12.1. The topological polar surface area (TPSA) is 26.3 Å². The molecule has 15 heavy (non-hydrogen) atoms. The lowest BCUT2D eigenvalue weighted by molar-refractivity contribution is -0.144. The van der Waals surface area contributed by atoms with Crippen molar-refractivity contribution in [2.75, 3.05) is 6.61 Å². The van der Waals surface area contributed by atoms with Crippen molar-refractivity contribution in [1.82, 2.24) is 0 Å². The van der Waals surface area contributed by atoms with Crippen molar-refractivity contribution in [2.45, 2.75) is 26.7 Å². The van der Waals surface area contributed by atoms with Gasteiger partial charge in [0.25, 0.3) is 0 Å². The predicted octanol–water partition coefficient (Wildman–Crippen LogP) is 3.32. The summed E-state index contributed by atoms with van der Waals surface area (Å²) in [5, 5.41) is 0.687. The zero-order valence-electron chi connectivity index (χ0n) is 9.21. The van der Waals surface area contributed by atoms with E-state index in [1.165, 1.54) is 0 Å². The highest BCUT2D eigenvalue weighted by atomic mass is 35.5. The Labute approximate surface area is 95.2 Å². The number of benzene rings is 1. The molecule has 1 aromatic rings. The van der Waals surface area contributed by atoms with Crippen LogP contribution < -0.4 is 0 Å². The fourth-order valence-corrected chi connectivity index (χ4v) is 1.75. The third-order valence-corrected chi connectivity index (χ3v) is 2.57. The van der Waals surface area contributed by atoms with Crippen molar-refractivity contribution >= 4 is 17.6 Å². The second-order valence-electron chi connectivity index (χ2n) is 3.47. The van der Waals surface area contributed by atoms with Gasteiger partial charge in [-0.25, -0.2) is 0 Å². The first-order chi connectivity index (χ1) is 7.06. The summed E-state index contributed by atoms with van der Waals surface area (Å²) in [6, 6.07) is 5.52. The van der Waals surface area contributed by atoms with E-state index in [-0.39, 0.29) is 11.9 Å². The van der Waals surface area contributed by atoms with Crippen LogP contribution in [0.25, 0.3) is 0 Å². The number of hydrogen-bond donors (Lipinski definition) is 0. The Hall–Kier alpha value is -1.02. The summed E-state index contributed by atoms with van der Waals surface area (Å²) in [5.74, 6) is -0.426. The predicted molar refractivity (Wildman–Crippen MR) is 61.2 cm³/mol. The zero-order chi connectivity index (χ0) is 11.4. The van der Waals surface area contributed by atoms with Gasteiger partial charge in [0.1, 0.15) is 0 Å². The van der Waals surface area contributed by atoms with Gasteiger partial charge < -0.3 is 4.74 Å². The summed E-state index contributed by atoms with van der Waals surface area (Å²) in [6.45, 7) is 6.00. The average Bonchev–Trinajstić information content (AvgIpc) is 2.17. The van der Waals surface area contributed by atoms with E-state index in [2.05, 4.69) is 0 Å². The van der Waals surface area contributed by atoms with E-state index in [4.69, 9.17) is 16.3 Å². The molecule has 82 valence electrons. The Balaban J connectivity index is 2.91. The molecule has 0 aliphatic carbocycles. The number of halogens is 1. The van der Waals surface area contributed by atoms with Crippen LogP contribution in [-0.2, 0) is 9.53 Å². The van der Waals surface area contributed by atoms with E-state index < -0.39 is 0 Å². The first-order valence-electron chi connectivity index (χ1n) is 4.99. The van der Waals surface area contributed by atoms with Gasteiger partial charge in [-0.3, -0.25) is 4.79 Å². The molecule has 0 saturated heterocycles. The van der Waals surface area contributed by atoms with Gasteiger partial charge in [0.15, 0.2) is 0 Å². The fraction of sp³-hybridized carbons (Fsp3) is 0.417. The lowest BCUT2D eigenvalue weighted by atomic mass is 9.97. The fourth-order valence-electron chi connectivity index (χ4n) is 1.52. The molecule has 0 bridgehead atoms. The SMILES string of the molecule is CCOC(=O)C(C)c1ccc(Cl)cc1C. The molecular weight excluding hydrogens is 212 g/mol. The van der Waals surface area contributed by atoms with Crippen molar-refractivity contribution in [3.8, 4) is 0 Å². The van der Waals surface area contributed by atoms with Crippen LogP contribution in [0.1, 0.15) is 30.9 Å².